The third-order valence-corrected chi connectivity index (χ3v) is 3.75. The number of carbonyl (C=O) groups is 1. The highest BCUT2D eigenvalue weighted by Gasteiger charge is 2.39. The van der Waals surface area contributed by atoms with Crippen LogP contribution >= 0.6 is 11.6 Å². The zero-order valence-electron chi connectivity index (χ0n) is 10.6. The number of hydrogen-bond donors (Lipinski definition) is 2. The minimum atomic E-state index is -0.708. The first-order chi connectivity index (χ1) is 8.49. The Hall–Kier alpha value is -1.06. The van der Waals surface area contributed by atoms with E-state index < -0.39 is 6.10 Å². The first-order valence-electron chi connectivity index (χ1n) is 6.23. The van der Waals surface area contributed by atoms with E-state index in [4.69, 9.17) is 11.6 Å². The zero-order chi connectivity index (χ0) is 13.3. The Morgan fingerprint density at radius 2 is 2.00 bits per heavy atom. The lowest BCUT2D eigenvalue weighted by Gasteiger charge is -2.20. The molecule has 3 nitrogen and oxygen atoms in total. The topological polar surface area (TPSA) is 49.3 Å². The van der Waals surface area contributed by atoms with E-state index in [0.717, 1.165) is 12.0 Å². The van der Waals surface area contributed by atoms with Crippen LogP contribution in [0.2, 0.25) is 5.02 Å². The molecule has 0 aromatic heterocycles. The Labute approximate surface area is 112 Å². The molecule has 1 amide bonds. The Kier molecular flexibility index (Phi) is 3.93. The van der Waals surface area contributed by atoms with Crippen LogP contribution in [0, 0.1) is 11.8 Å². The second-order valence-electron chi connectivity index (χ2n) is 5.11. The van der Waals surface area contributed by atoms with Crippen LogP contribution in [-0.2, 0) is 4.79 Å². The fourth-order valence-electron chi connectivity index (χ4n) is 2.05. The molecule has 1 saturated carbocycles. The van der Waals surface area contributed by atoms with Crippen LogP contribution in [-0.4, -0.2) is 17.1 Å². The standard InChI is InChI=1S/C14H18ClNO2/c1-8-7-12(8)14(18)16-9(2)13(17)10-3-5-11(15)6-4-10/h3-6,8-9,12-13,17H,7H2,1-2H3,(H,16,18). The van der Waals surface area contributed by atoms with Crippen molar-refractivity contribution in [2.45, 2.75) is 32.4 Å². The lowest BCUT2D eigenvalue weighted by Crippen LogP contribution is -2.38. The number of aliphatic hydroxyl groups is 1. The van der Waals surface area contributed by atoms with Gasteiger partial charge in [0, 0.05) is 10.9 Å². The number of rotatable bonds is 4. The first kappa shape index (κ1) is 13.4. The van der Waals surface area contributed by atoms with Crippen LogP contribution < -0.4 is 5.32 Å². The summed E-state index contributed by atoms with van der Waals surface area (Å²) in [5, 5.41) is 13.6. The molecule has 0 saturated heterocycles. The van der Waals surface area contributed by atoms with Crippen LogP contribution in [0.4, 0.5) is 0 Å². The molecule has 1 aromatic rings. The lowest BCUT2D eigenvalue weighted by molar-refractivity contribution is -0.124. The second-order valence-corrected chi connectivity index (χ2v) is 5.55. The Bertz CT molecular complexity index is 432. The van der Waals surface area contributed by atoms with Gasteiger partial charge in [0.2, 0.25) is 5.91 Å². The summed E-state index contributed by atoms with van der Waals surface area (Å²) < 4.78 is 0. The summed E-state index contributed by atoms with van der Waals surface area (Å²) in [5.41, 5.74) is 0.760. The molecule has 1 aromatic carbocycles. The number of hydrogen-bond acceptors (Lipinski definition) is 2. The van der Waals surface area contributed by atoms with Gasteiger partial charge in [0.15, 0.2) is 0 Å². The Morgan fingerprint density at radius 1 is 1.44 bits per heavy atom. The third-order valence-electron chi connectivity index (χ3n) is 3.50. The summed E-state index contributed by atoms with van der Waals surface area (Å²) in [7, 11) is 0. The van der Waals surface area contributed by atoms with Crippen molar-refractivity contribution in [3.05, 3.63) is 34.9 Å². The fraction of sp³-hybridized carbons (Fsp3) is 0.500. The van der Waals surface area contributed by atoms with Gasteiger partial charge < -0.3 is 10.4 Å². The molecule has 4 atom stereocenters. The van der Waals surface area contributed by atoms with Crippen LogP contribution in [0.15, 0.2) is 24.3 Å². The van der Waals surface area contributed by atoms with Crippen molar-refractivity contribution < 1.29 is 9.90 Å². The second kappa shape index (κ2) is 5.29. The van der Waals surface area contributed by atoms with Crippen molar-refractivity contribution in [3.63, 3.8) is 0 Å². The van der Waals surface area contributed by atoms with E-state index in [0.29, 0.717) is 10.9 Å². The van der Waals surface area contributed by atoms with Gasteiger partial charge in [0.1, 0.15) is 0 Å². The summed E-state index contributed by atoms with van der Waals surface area (Å²) in [6, 6.07) is 6.71. The van der Waals surface area contributed by atoms with Gasteiger partial charge in [0.05, 0.1) is 12.1 Å². The summed E-state index contributed by atoms with van der Waals surface area (Å²) in [6.45, 7) is 3.87. The van der Waals surface area contributed by atoms with E-state index in [1.165, 1.54) is 0 Å². The number of aliphatic hydroxyl groups excluding tert-OH is 1. The maximum absolute atomic E-state index is 11.8. The first-order valence-corrected chi connectivity index (χ1v) is 6.60. The third kappa shape index (κ3) is 3.03. The number of amides is 1. The molecule has 0 heterocycles. The summed E-state index contributed by atoms with van der Waals surface area (Å²) in [4.78, 5) is 11.8. The van der Waals surface area contributed by atoms with Crippen LogP contribution in [0.3, 0.4) is 0 Å². The van der Waals surface area contributed by atoms with Gasteiger partial charge in [-0.3, -0.25) is 4.79 Å². The van der Waals surface area contributed by atoms with Crippen molar-refractivity contribution in [3.8, 4) is 0 Å². The van der Waals surface area contributed by atoms with Crippen LogP contribution in [0.1, 0.15) is 31.9 Å². The van der Waals surface area contributed by atoms with Crippen molar-refractivity contribution in [2.24, 2.45) is 11.8 Å². The minimum Gasteiger partial charge on any atom is -0.386 e. The van der Waals surface area contributed by atoms with Gasteiger partial charge in [-0.25, -0.2) is 0 Å². The van der Waals surface area contributed by atoms with Gasteiger partial charge in [-0.1, -0.05) is 30.7 Å². The fourth-order valence-corrected chi connectivity index (χ4v) is 2.17. The molecule has 0 aliphatic heterocycles. The molecule has 0 bridgehead atoms. The molecule has 4 heteroatoms. The highest BCUT2D eigenvalue weighted by Crippen LogP contribution is 2.37. The molecule has 4 unspecified atom stereocenters. The van der Waals surface area contributed by atoms with E-state index in [-0.39, 0.29) is 17.9 Å². The largest absolute Gasteiger partial charge is 0.386 e. The molecular formula is C14H18ClNO2. The maximum Gasteiger partial charge on any atom is 0.223 e. The van der Waals surface area contributed by atoms with Gasteiger partial charge in [-0.2, -0.15) is 0 Å². The van der Waals surface area contributed by atoms with Crippen LogP contribution in [0.5, 0.6) is 0 Å². The number of nitrogens with one attached hydrogen (secondary N) is 1. The molecular weight excluding hydrogens is 250 g/mol. The summed E-state index contributed by atoms with van der Waals surface area (Å²) in [5.74, 6) is 0.651. The molecule has 98 valence electrons. The van der Waals surface area contributed by atoms with Crippen molar-refractivity contribution >= 4 is 17.5 Å². The van der Waals surface area contributed by atoms with E-state index >= 15 is 0 Å². The van der Waals surface area contributed by atoms with Crippen LogP contribution in [0.25, 0.3) is 0 Å². The number of halogens is 1. The van der Waals surface area contributed by atoms with Gasteiger partial charge in [0.25, 0.3) is 0 Å². The van der Waals surface area contributed by atoms with E-state index in [1.807, 2.05) is 6.92 Å². The predicted molar refractivity (Wildman–Crippen MR) is 71.3 cm³/mol. The lowest BCUT2D eigenvalue weighted by atomic mass is 10.0. The molecule has 2 rings (SSSR count). The molecule has 2 N–H and O–H groups in total. The highest BCUT2D eigenvalue weighted by atomic mass is 35.5. The van der Waals surface area contributed by atoms with Gasteiger partial charge >= 0.3 is 0 Å². The molecule has 0 radical (unpaired) electrons. The average molecular weight is 268 g/mol. The predicted octanol–water partition coefficient (Wildman–Crippen LogP) is 2.53. The van der Waals surface area contributed by atoms with E-state index in [2.05, 4.69) is 12.2 Å². The quantitative estimate of drug-likeness (QED) is 0.881. The van der Waals surface area contributed by atoms with E-state index in [9.17, 15) is 9.90 Å². The number of benzene rings is 1. The number of carbonyl (C=O) groups excluding carboxylic acids is 1. The molecule has 1 aliphatic carbocycles. The monoisotopic (exact) mass is 267 g/mol. The van der Waals surface area contributed by atoms with Crippen molar-refractivity contribution in [2.75, 3.05) is 0 Å². The summed E-state index contributed by atoms with van der Waals surface area (Å²) in [6.07, 6.45) is 0.246. The van der Waals surface area contributed by atoms with Crippen molar-refractivity contribution in [1.82, 2.24) is 5.32 Å². The normalized spacial score (nSPS) is 25.3. The minimum absolute atomic E-state index is 0.0445. The molecule has 18 heavy (non-hydrogen) atoms. The van der Waals surface area contributed by atoms with Gasteiger partial charge in [-0.05, 0) is 37.0 Å². The highest BCUT2D eigenvalue weighted by molar-refractivity contribution is 6.30. The zero-order valence-corrected chi connectivity index (χ0v) is 11.3. The Morgan fingerprint density at radius 3 is 2.50 bits per heavy atom. The average Bonchev–Trinajstić information content (AvgIpc) is 3.06. The summed E-state index contributed by atoms with van der Waals surface area (Å²) >= 11 is 5.79. The molecule has 1 aliphatic rings. The van der Waals surface area contributed by atoms with Crippen molar-refractivity contribution in [1.29, 1.82) is 0 Å². The smallest absolute Gasteiger partial charge is 0.223 e. The van der Waals surface area contributed by atoms with E-state index in [1.54, 1.807) is 24.3 Å². The molecule has 1 fully saturated rings. The van der Waals surface area contributed by atoms with Gasteiger partial charge in [-0.15, -0.1) is 0 Å². The SMILES string of the molecule is CC1CC1C(=O)NC(C)C(O)c1ccc(Cl)cc1. The Balaban J connectivity index is 1.93. The maximum atomic E-state index is 11.8. The molecule has 0 spiro atoms.